The van der Waals surface area contributed by atoms with Gasteiger partial charge in [-0.3, -0.25) is 19.4 Å². The molecule has 0 saturated heterocycles. The van der Waals surface area contributed by atoms with Crippen molar-refractivity contribution >= 4 is 29.2 Å². The zero-order chi connectivity index (χ0) is 30.2. The Morgan fingerprint density at radius 3 is 2.10 bits per heavy atom. The van der Waals surface area contributed by atoms with Gasteiger partial charge in [-0.1, -0.05) is 55.8 Å². The largest absolute Gasteiger partial charge is 0.497 e. The molecule has 0 aliphatic rings. The van der Waals surface area contributed by atoms with Crippen LogP contribution in [0.1, 0.15) is 36.6 Å². The van der Waals surface area contributed by atoms with E-state index in [4.69, 9.17) is 16.3 Å². The Balaban J connectivity index is 1.92. The molecule has 2 N–H and O–H groups in total. The minimum atomic E-state index is -5.14. The molecule has 7 nitrogen and oxygen atoms in total. The van der Waals surface area contributed by atoms with E-state index in [0.717, 1.165) is 5.56 Å². The zero-order valence-corrected chi connectivity index (χ0v) is 23.5. The van der Waals surface area contributed by atoms with Crippen molar-refractivity contribution < 1.29 is 32.3 Å². The third kappa shape index (κ3) is 9.04. The third-order valence-corrected chi connectivity index (χ3v) is 6.74. The number of alkyl halides is 3. The standard InChI is InChI=1S/C30H31ClF3N3O4/c1-18(2)26(27(38)30(32,33)34)37-29(40)25(17-22-6-4-5-15-35-22)36-28(39)24(20-9-11-21(31)12-10-20)16-19-7-13-23(41-3)14-8-19/h4-15,18,24-26H,16-17H2,1-3H3,(H,36,39)(H,37,40)/t24-,25-,26-/m0/s1. The molecule has 0 aliphatic carbocycles. The van der Waals surface area contributed by atoms with Gasteiger partial charge in [-0.2, -0.15) is 13.2 Å². The highest BCUT2D eigenvalue weighted by atomic mass is 35.5. The summed E-state index contributed by atoms with van der Waals surface area (Å²) < 4.78 is 44.9. The first-order valence-electron chi connectivity index (χ1n) is 12.9. The first-order chi connectivity index (χ1) is 19.4. The van der Waals surface area contributed by atoms with Crippen LogP contribution >= 0.6 is 11.6 Å². The lowest BCUT2D eigenvalue weighted by Crippen LogP contribution is -2.56. The van der Waals surface area contributed by atoms with E-state index in [9.17, 15) is 27.6 Å². The number of methoxy groups -OCH3 is 1. The lowest BCUT2D eigenvalue weighted by atomic mass is 9.90. The second kappa shape index (κ2) is 14.1. The topological polar surface area (TPSA) is 97.4 Å². The predicted octanol–water partition coefficient (Wildman–Crippen LogP) is 5.07. The lowest BCUT2D eigenvalue weighted by Gasteiger charge is -2.27. The van der Waals surface area contributed by atoms with Gasteiger partial charge in [-0.15, -0.1) is 0 Å². The van der Waals surface area contributed by atoms with Crippen LogP contribution in [-0.4, -0.2) is 48.0 Å². The number of hydrogen-bond donors (Lipinski definition) is 2. The molecule has 0 fully saturated rings. The Labute approximate surface area is 241 Å². The van der Waals surface area contributed by atoms with Crippen LogP contribution < -0.4 is 15.4 Å². The minimum absolute atomic E-state index is 0.112. The van der Waals surface area contributed by atoms with Crippen LogP contribution in [0.15, 0.2) is 72.9 Å². The summed E-state index contributed by atoms with van der Waals surface area (Å²) in [4.78, 5) is 43.4. The Bertz CT molecular complexity index is 1320. The molecule has 41 heavy (non-hydrogen) atoms. The fraction of sp³-hybridized carbons (Fsp3) is 0.333. The molecule has 0 radical (unpaired) electrons. The van der Waals surface area contributed by atoms with Gasteiger partial charge in [0, 0.05) is 23.3 Å². The average molecular weight is 590 g/mol. The van der Waals surface area contributed by atoms with E-state index >= 15 is 0 Å². The van der Waals surface area contributed by atoms with Gasteiger partial charge in [-0.25, -0.2) is 0 Å². The molecular weight excluding hydrogens is 559 g/mol. The van der Waals surface area contributed by atoms with Crippen LogP contribution in [0.3, 0.4) is 0 Å². The summed E-state index contributed by atoms with van der Waals surface area (Å²) in [5.74, 6) is -4.53. The van der Waals surface area contributed by atoms with Crippen LogP contribution in [0.25, 0.3) is 0 Å². The molecular formula is C30H31ClF3N3O4. The van der Waals surface area contributed by atoms with Crippen molar-refractivity contribution in [2.24, 2.45) is 5.92 Å². The van der Waals surface area contributed by atoms with Gasteiger partial charge in [0.25, 0.3) is 5.78 Å². The van der Waals surface area contributed by atoms with Crippen molar-refractivity contribution in [3.05, 3.63) is 94.8 Å². The predicted molar refractivity (Wildman–Crippen MR) is 149 cm³/mol. The van der Waals surface area contributed by atoms with Crippen molar-refractivity contribution in [2.75, 3.05) is 7.11 Å². The number of carbonyl (C=O) groups is 3. The lowest BCUT2D eigenvalue weighted by molar-refractivity contribution is -0.175. The molecule has 2 amide bonds. The van der Waals surface area contributed by atoms with E-state index in [2.05, 4.69) is 15.6 Å². The minimum Gasteiger partial charge on any atom is -0.497 e. The number of ketones is 1. The van der Waals surface area contributed by atoms with E-state index in [1.54, 1.807) is 54.6 Å². The zero-order valence-electron chi connectivity index (χ0n) is 22.7. The molecule has 3 aromatic rings. The van der Waals surface area contributed by atoms with Crippen LogP contribution in [0.4, 0.5) is 13.2 Å². The molecule has 0 aliphatic heterocycles. The van der Waals surface area contributed by atoms with Crippen molar-refractivity contribution in [3.8, 4) is 5.75 Å². The fourth-order valence-electron chi connectivity index (χ4n) is 4.23. The summed E-state index contributed by atoms with van der Waals surface area (Å²) in [6, 6.07) is 15.6. The molecule has 1 heterocycles. The van der Waals surface area contributed by atoms with Gasteiger partial charge in [0.15, 0.2) is 0 Å². The maximum absolute atomic E-state index is 13.8. The van der Waals surface area contributed by atoms with Crippen molar-refractivity contribution in [2.45, 2.75) is 50.9 Å². The maximum atomic E-state index is 13.8. The summed E-state index contributed by atoms with van der Waals surface area (Å²) in [6.07, 6.45) is -3.51. The number of aromatic nitrogens is 1. The number of hydrogen-bond acceptors (Lipinski definition) is 5. The quantitative estimate of drug-likeness (QED) is 0.307. The SMILES string of the molecule is COc1ccc(C[C@H](C(=O)N[C@@H](Cc2ccccn2)C(=O)N[C@H](C(=O)C(F)(F)F)C(C)C)c2ccc(Cl)cc2)cc1. The maximum Gasteiger partial charge on any atom is 0.452 e. The number of nitrogens with zero attached hydrogens (tertiary/aromatic N) is 1. The van der Waals surface area contributed by atoms with Gasteiger partial charge < -0.3 is 15.4 Å². The van der Waals surface area contributed by atoms with Crippen molar-refractivity contribution in [1.29, 1.82) is 0 Å². The summed E-state index contributed by atoms with van der Waals surface area (Å²) >= 11 is 6.06. The number of halogens is 4. The second-order valence-corrected chi connectivity index (χ2v) is 10.3. The van der Waals surface area contributed by atoms with Gasteiger partial charge in [0.1, 0.15) is 11.8 Å². The molecule has 218 valence electrons. The van der Waals surface area contributed by atoms with Crippen LogP contribution in [0, 0.1) is 5.92 Å². The summed E-state index contributed by atoms with van der Waals surface area (Å²) in [7, 11) is 1.54. The monoisotopic (exact) mass is 589 g/mol. The Hall–Kier alpha value is -3.92. The Morgan fingerprint density at radius 2 is 1.56 bits per heavy atom. The number of amides is 2. The number of benzene rings is 2. The molecule has 0 bridgehead atoms. The van der Waals surface area contributed by atoms with Crippen molar-refractivity contribution in [1.82, 2.24) is 15.6 Å². The molecule has 3 atom stereocenters. The van der Waals surface area contributed by atoms with Gasteiger partial charge in [-0.05, 0) is 59.9 Å². The number of pyridine rings is 1. The smallest absolute Gasteiger partial charge is 0.452 e. The first-order valence-corrected chi connectivity index (χ1v) is 13.3. The van der Waals surface area contributed by atoms with Gasteiger partial charge in [0.2, 0.25) is 11.8 Å². The number of carbonyl (C=O) groups excluding carboxylic acids is 3. The highest BCUT2D eigenvalue weighted by Crippen LogP contribution is 2.25. The van der Waals surface area contributed by atoms with Gasteiger partial charge in [0.05, 0.1) is 19.1 Å². The van der Waals surface area contributed by atoms with Crippen LogP contribution in [0.2, 0.25) is 5.02 Å². The first kappa shape index (κ1) is 31.6. The van der Waals surface area contributed by atoms with E-state index in [1.165, 1.54) is 27.2 Å². The highest BCUT2D eigenvalue weighted by Gasteiger charge is 2.45. The molecule has 0 spiro atoms. The van der Waals surface area contributed by atoms with Crippen LogP contribution in [0.5, 0.6) is 5.75 Å². The number of Topliss-reactive ketones (excluding diaryl/α,β-unsaturated/α-hetero) is 1. The molecule has 1 aromatic heterocycles. The summed E-state index contributed by atoms with van der Waals surface area (Å²) in [6.45, 7) is 2.79. The average Bonchev–Trinajstić information content (AvgIpc) is 2.94. The number of rotatable bonds is 12. The molecule has 2 aromatic carbocycles. The van der Waals surface area contributed by atoms with E-state index in [-0.39, 0.29) is 12.8 Å². The molecule has 11 heteroatoms. The van der Waals surface area contributed by atoms with Crippen LogP contribution in [-0.2, 0) is 27.2 Å². The normalized spacial score (nSPS) is 13.7. The summed E-state index contributed by atoms with van der Waals surface area (Å²) in [5, 5.41) is 5.39. The van der Waals surface area contributed by atoms with Gasteiger partial charge >= 0.3 is 6.18 Å². The highest BCUT2D eigenvalue weighted by molar-refractivity contribution is 6.30. The second-order valence-electron chi connectivity index (χ2n) is 9.83. The Morgan fingerprint density at radius 1 is 0.902 bits per heavy atom. The third-order valence-electron chi connectivity index (χ3n) is 6.49. The number of nitrogens with one attached hydrogen (secondary N) is 2. The molecule has 0 unspecified atom stereocenters. The van der Waals surface area contributed by atoms with E-state index in [0.29, 0.717) is 22.0 Å². The van der Waals surface area contributed by atoms with E-state index in [1.807, 2.05) is 12.1 Å². The summed E-state index contributed by atoms with van der Waals surface area (Å²) in [5.41, 5.74) is 1.85. The number of ether oxygens (including phenoxy) is 1. The molecule has 0 saturated carbocycles. The fourth-order valence-corrected chi connectivity index (χ4v) is 4.36. The van der Waals surface area contributed by atoms with Crippen molar-refractivity contribution in [3.63, 3.8) is 0 Å². The van der Waals surface area contributed by atoms with E-state index < -0.39 is 47.7 Å². The Kier molecular flexibility index (Phi) is 10.9. The molecule has 3 rings (SSSR count).